The minimum atomic E-state index is -4.66. The number of hydrogen-bond donors (Lipinski definition) is 2. The Morgan fingerprint density at radius 3 is 2.69 bits per heavy atom. The Bertz CT molecular complexity index is 948. The molecule has 8 nitrogen and oxygen atoms in total. The zero-order valence-electron chi connectivity index (χ0n) is 13.7. The average Bonchev–Trinajstić information content (AvgIpc) is 3.30. The minimum Gasteiger partial charge on any atom is -0.365 e. The fourth-order valence-corrected chi connectivity index (χ4v) is 2.44. The standard InChI is InChI=1S/C15H15F3N8/c1-2-19-14-20-6-5-9(23-14)26-7-21-10-11(22-8-3-4-8)24-13(15(16,17)18)25-12(10)26/h5-8H,2-4H2,1H3,(H,19,20,23)(H,22,24,25). The van der Waals surface area contributed by atoms with Gasteiger partial charge in [0.1, 0.15) is 12.1 Å². The number of alkyl halides is 3. The maximum absolute atomic E-state index is 13.2. The van der Waals surface area contributed by atoms with Crippen molar-refractivity contribution in [3.63, 3.8) is 0 Å². The Balaban J connectivity index is 1.86. The molecule has 3 aromatic heterocycles. The second-order valence-corrected chi connectivity index (χ2v) is 5.87. The van der Waals surface area contributed by atoms with Gasteiger partial charge in [0.15, 0.2) is 17.0 Å². The number of imidazole rings is 1. The van der Waals surface area contributed by atoms with Crippen LogP contribution in [0, 0.1) is 0 Å². The van der Waals surface area contributed by atoms with E-state index in [-0.39, 0.29) is 23.0 Å². The molecule has 0 aromatic carbocycles. The van der Waals surface area contributed by atoms with Crippen LogP contribution in [0.4, 0.5) is 24.9 Å². The molecule has 26 heavy (non-hydrogen) atoms. The number of nitrogens with one attached hydrogen (secondary N) is 2. The number of anilines is 2. The van der Waals surface area contributed by atoms with E-state index < -0.39 is 12.0 Å². The van der Waals surface area contributed by atoms with Crippen LogP contribution in [0.2, 0.25) is 0 Å². The lowest BCUT2D eigenvalue weighted by Gasteiger charge is -2.10. The molecule has 0 spiro atoms. The highest BCUT2D eigenvalue weighted by Crippen LogP contribution is 2.32. The molecule has 0 saturated heterocycles. The van der Waals surface area contributed by atoms with Gasteiger partial charge in [0.05, 0.1) is 0 Å². The molecule has 0 radical (unpaired) electrons. The summed E-state index contributed by atoms with van der Waals surface area (Å²) in [6.45, 7) is 2.51. The number of nitrogens with zero attached hydrogens (tertiary/aromatic N) is 6. The molecular weight excluding hydrogens is 349 g/mol. The lowest BCUT2D eigenvalue weighted by molar-refractivity contribution is -0.144. The molecule has 3 heterocycles. The lowest BCUT2D eigenvalue weighted by Crippen LogP contribution is -2.15. The van der Waals surface area contributed by atoms with Crippen LogP contribution in [0.1, 0.15) is 25.6 Å². The van der Waals surface area contributed by atoms with E-state index in [1.165, 1.54) is 17.1 Å². The molecule has 0 amide bonds. The van der Waals surface area contributed by atoms with E-state index in [4.69, 9.17) is 0 Å². The zero-order chi connectivity index (χ0) is 18.3. The summed E-state index contributed by atoms with van der Waals surface area (Å²) in [7, 11) is 0. The molecule has 4 rings (SSSR count). The largest absolute Gasteiger partial charge is 0.451 e. The fourth-order valence-electron chi connectivity index (χ4n) is 2.44. The third kappa shape index (κ3) is 3.11. The van der Waals surface area contributed by atoms with Crippen LogP contribution < -0.4 is 10.6 Å². The molecule has 0 atom stereocenters. The maximum Gasteiger partial charge on any atom is 0.451 e. The van der Waals surface area contributed by atoms with E-state index in [0.717, 1.165) is 12.8 Å². The summed E-state index contributed by atoms with van der Waals surface area (Å²) in [5.74, 6) is -0.392. The van der Waals surface area contributed by atoms with Gasteiger partial charge in [-0.15, -0.1) is 0 Å². The molecular formula is C15H15F3N8. The Labute approximate surface area is 145 Å². The van der Waals surface area contributed by atoms with E-state index >= 15 is 0 Å². The van der Waals surface area contributed by atoms with Gasteiger partial charge in [-0.05, 0) is 25.8 Å². The molecule has 1 fully saturated rings. The van der Waals surface area contributed by atoms with E-state index in [0.29, 0.717) is 18.3 Å². The van der Waals surface area contributed by atoms with Gasteiger partial charge in [0.25, 0.3) is 0 Å². The summed E-state index contributed by atoms with van der Waals surface area (Å²) in [4.78, 5) is 19.9. The second kappa shape index (κ2) is 6.07. The molecule has 0 unspecified atom stereocenters. The molecule has 2 N–H and O–H groups in total. The fraction of sp³-hybridized carbons (Fsp3) is 0.400. The van der Waals surface area contributed by atoms with Crippen molar-refractivity contribution in [3.05, 3.63) is 24.4 Å². The van der Waals surface area contributed by atoms with Gasteiger partial charge in [-0.25, -0.2) is 19.9 Å². The predicted octanol–water partition coefficient (Wildman–Crippen LogP) is 2.63. The maximum atomic E-state index is 13.2. The first kappa shape index (κ1) is 16.5. The first-order valence-electron chi connectivity index (χ1n) is 8.12. The van der Waals surface area contributed by atoms with Crippen LogP contribution in [0.5, 0.6) is 0 Å². The SMILES string of the molecule is CCNc1nccc(-n2cnc3c(NC4CC4)nc(C(F)(F)F)nc32)n1. The molecule has 0 aliphatic heterocycles. The summed E-state index contributed by atoms with van der Waals surface area (Å²) in [6.07, 6.45) is 0.0257. The number of halogens is 3. The first-order chi connectivity index (χ1) is 12.5. The minimum absolute atomic E-state index is 0.0385. The van der Waals surface area contributed by atoms with Crippen LogP contribution in [0.3, 0.4) is 0 Å². The van der Waals surface area contributed by atoms with Crippen LogP contribution in [0.25, 0.3) is 17.0 Å². The van der Waals surface area contributed by atoms with Gasteiger partial charge in [0.2, 0.25) is 11.8 Å². The summed E-state index contributed by atoms with van der Waals surface area (Å²) < 4.78 is 41.1. The molecule has 1 aliphatic rings. The Morgan fingerprint density at radius 2 is 2.00 bits per heavy atom. The topological polar surface area (TPSA) is 93.4 Å². The number of aromatic nitrogens is 6. The monoisotopic (exact) mass is 364 g/mol. The van der Waals surface area contributed by atoms with E-state index in [1.807, 2.05) is 6.92 Å². The molecule has 11 heteroatoms. The average molecular weight is 364 g/mol. The number of hydrogen-bond acceptors (Lipinski definition) is 7. The van der Waals surface area contributed by atoms with Crippen LogP contribution in [-0.4, -0.2) is 42.1 Å². The highest BCUT2D eigenvalue weighted by Gasteiger charge is 2.37. The Morgan fingerprint density at radius 1 is 1.19 bits per heavy atom. The van der Waals surface area contributed by atoms with Gasteiger partial charge in [-0.2, -0.15) is 18.2 Å². The normalized spacial score (nSPS) is 14.6. The van der Waals surface area contributed by atoms with Crippen molar-refractivity contribution in [2.75, 3.05) is 17.2 Å². The van der Waals surface area contributed by atoms with Gasteiger partial charge < -0.3 is 10.6 Å². The summed E-state index contributed by atoms with van der Waals surface area (Å²) in [6, 6.07) is 1.70. The Kier molecular flexibility index (Phi) is 3.85. The van der Waals surface area contributed by atoms with Gasteiger partial charge >= 0.3 is 6.18 Å². The van der Waals surface area contributed by atoms with Crippen molar-refractivity contribution in [1.29, 1.82) is 0 Å². The lowest BCUT2D eigenvalue weighted by atomic mass is 10.4. The Hall–Kier alpha value is -2.98. The highest BCUT2D eigenvalue weighted by atomic mass is 19.4. The highest BCUT2D eigenvalue weighted by molar-refractivity contribution is 5.84. The van der Waals surface area contributed by atoms with E-state index in [1.54, 1.807) is 6.07 Å². The van der Waals surface area contributed by atoms with Gasteiger partial charge in [-0.3, -0.25) is 4.57 Å². The second-order valence-electron chi connectivity index (χ2n) is 5.87. The third-order valence-corrected chi connectivity index (χ3v) is 3.79. The molecule has 136 valence electrons. The van der Waals surface area contributed by atoms with Crippen LogP contribution >= 0.6 is 0 Å². The van der Waals surface area contributed by atoms with Crippen molar-refractivity contribution in [2.45, 2.75) is 32.0 Å². The van der Waals surface area contributed by atoms with Gasteiger partial charge in [-0.1, -0.05) is 0 Å². The summed E-state index contributed by atoms with van der Waals surface area (Å²) >= 11 is 0. The molecule has 0 bridgehead atoms. The van der Waals surface area contributed by atoms with Crippen LogP contribution in [0.15, 0.2) is 18.6 Å². The zero-order valence-corrected chi connectivity index (χ0v) is 13.7. The third-order valence-electron chi connectivity index (χ3n) is 3.79. The van der Waals surface area contributed by atoms with Crippen molar-refractivity contribution in [2.24, 2.45) is 0 Å². The number of fused-ring (bicyclic) bond motifs is 1. The molecule has 1 saturated carbocycles. The van der Waals surface area contributed by atoms with Crippen LogP contribution in [-0.2, 0) is 6.18 Å². The van der Waals surface area contributed by atoms with Crippen molar-refractivity contribution < 1.29 is 13.2 Å². The van der Waals surface area contributed by atoms with Gasteiger partial charge in [0, 0.05) is 18.8 Å². The molecule has 1 aliphatic carbocycles. The summed E-state index contributed by atoms with van der Waals surface area (Å²) in [5, 5.41) is 5.95. The summed E-state index contributed by atoms with van der Waals surface area (Å²) in [5.41, 5.74) is 0.310. The first-order valence-corrected chi connectivity index (χ1v) is 8.12. The predicted molar refractivity (Wildman–Crippen MR) is 88.1 cm³/mol. The quantitative estimate of drug-likeness (QED) is 0.719. The smallest absolute Gasteiger partial charge is 0.365 e. The van der Waals surface area contributed by atoms with Crippen molar-refractivity contribution in [3.8, 4) is 5.82 Å². The van der Waals surface area contributed by atoms with Crippen molar-refractivity contribution >= 4 is 22.9 Å². The molecule has 3 aromatic rings. The van der Waals surface area contributed by atoms with E-state index in [9.17, 15) is 13.2 Å². The number of rotatable bonds is 5. The van der Waals surface area contributed by atoms with Crippen molar-refractivity contribution in [1.82, 2.24) is 29.5 Å². The van der Waals surface area contributed by atoms with E-state index in [2.05, 4.69) is 35.6 Å².